The number of likely N-dealkylation sites (tertiary alicyclic amines) is 1. The summed E-state index contributed by atoms with van der Waals surface area (Å²) in [5, 5.41) is 6.56. The van der Waals surface area contributed by atoms with Crippen LogP contribution in [-0.4, -0.2) is 47.9 Å². The van der Waals surface area contributed by atoms with Gasteiger partial charge in [-0.15, -0.1) is 0 Å². The van der Waals surface area contributed by atoms with Gasteiger partial charge >= 0.3 is 0 Å². The van der Waals surface area contributed by atoms with E-state index in [0.717, 1.165) is 37.8 Å². The van der Waals surface area contributed by atoms with Crippen molar-refractivity contribution >= 4 is 11.8 Å². The van der Waals surface area contributed by atoms with Crippen LogP contribution in [0.2, 0.25) is 0 Å². The highest BCUT2D eigenvalue weighted by atomic mass is 16.2. The maximum atomic E-state index is 12.7. The number of carbonyl (C=O) groups excluding carboxylic acids is 2. The first kappa shape index (κ1) is 17.0. The summed E-state index contributed by atoms with van der Waals surface area (Å²) in [7, 11) is 0. The van der Waals surface area contributed by atoms with Crippen LogP contribution in [0.3, 0.4) is 0 Å². The van der Waals surface area contributed by atoms with Crippen LogP contribution >= 0.6 is 0 Å². The monoisotopic (exact) mass is 329 g/mol. The first-order chi connectivity index (χ1) is 11.6. The van der Waals surface area contributed by atoms with Crippen molar-refractivity contribution in [2.45, 2.75) is 57.2 Å². The highest BCUT2D eigenvalue weighted by molar-refractivity contribution is 5.89. The highest BCUT2D eigenvalue weighted by Crippen LogP contribution is 2.20. The molecule has 24 heavy (non-hydrogen) atoms. The Morgan fingerprint density at radius 1 is 1.21 bits per heavy atom. The van der Waals surface area contributed by atoms with Gasteiger partial charge in [-0.25, -0.2) is 0 Å². The van der Waals surface area contributed by atoms with E-state index in [2.05, 4.69) is 17.6 Å². The van der Waals surface area contributed by atoms with E-state index >= 15 is 0 Å². The average molecular weight is 329 g/mol. The quantitative estimate of drug-likeness (QED) is 0.879. The lowest BCUT2D eigenvalue weighted by Crippen LogP contribution is -2.56. The molecule has 3 rings (SSSR count). The van der Waals surface area contributed by atoms with Gasteiger partial charge in [-0.2, -0.15) is 0 Å². The van der Waals surface area contributed by atoms with Gasteiger partial charge in [0.25, 0.3) is 0 Å². The van der Waals surface area contributed by atoms with Crippen LogP contribution in [-0.2, 0) is 16.0 Å². The van der Waals surface area contributed by atoms with Gasteiger partial charge in [-0.05, 0) is 44.7 Å². The van der Waals surface area contributed by atoms with Gasteiger partial charge in [0.1, 0.15) is 6.04 Å². The lowest BCUT2D eigenvalue weighted by atomic mass is 9.99. The standard InChI is InChI=1S/C19H27N3O2/c1-14-16(9-5-11-20-14)21-19(24)17-10-6-12-22(17)18(23)13-15-7-3-2-4-8-15/h2-4,7-8,14,16-17,20H,5-6,9-13H2,1H3,(H,21,24). The molecule has 0 spiro atoms. The molecule has 2 amide bonds. The minimum absolute atomic E-state index is 0.00876. The first-order valence-corrected chi connectivity index (χ1v) is 9.02. The predicted octanol–water partition coefficient (Wildman–Crippen LogP) is 1.48. The van der Waals surface area contributed by atoms with Crippen LogP contribution < -0.4 is 10.6 Å². The highest BCUT2D eigenvalue weighted by Gasteiger charge is 2.35. The van der Waals surface area contributed by atoms with Crippen molar-refractivity contribution in [3.8, 4) is 0 Å². The van der Waals surface area contributed by atoms with E-state index in [-0.39, 0.29) is 29.9 Å². The topological polar surface area (TPSA) is 61.4 Å². The number of amides is 2. The van der Waals surface area contributed by atoms with E-state index in [1.54, 1.807) is 4.90 Å². The number of hydrogen-bond acceptors (Lipinski definition) is 3. The summed E-state index contributed by atoms with van der Waals surface area (Å²) in [4.78, 5) is 27.1. The summed E-state index contributed by atoms with van der Waals surface area (Å²) < 4.78 is 0. The Balaban J connectivity index is 1.59. The Hall–Kier alpha value is -1.88. The summed E-state index contributed by atoms with van der Waals surface area (Å²) >= 11 is 0. The van der Waals surface area contributed by atoms with E-state index in [4.69, 9.17) is 0 Å². The predicted molar refractivity (Wildman–Crippen MR) is 93.5 cm³/mol. The van der Waals surface area contributed by atoms with Gasteiger partial charge in [-0.3, -0.25) is 9.59 Å². The molecular weight excluding hydrogens is 302 g/mol. The molecule has 2 aliphatic rings. The number of rotatable bonds is 4. The Bertz CT molecular complexity index is 575. The van der Waals surface area contributed by atoms with Crippen LogP contribution in [0.1, 0.15) is 38.2 Å². The summed E-state index contributed by atoms with van der Waals surface area (Å²) in [6.07, 6.45) is 4.12. The molecule has 5 nitrogen and oxygen atoms in total. The minimum atomic E-state index is -0.310. The molecule has 130 valence electrons. The number of hydrogen-bond donors (Lipinski definition) is 2. The molecule has 0 radical (unpaired) electrons. The van der Waals surface area contributed by atoms with E-state index in [1.807, 2.05) is 30.3 Å². The molecule has 1 aromatic rings. The second kappa shape index (κ2) is 7.79. The van der Waals surface area contributed by atoms with Crippen molar-refractivity contribution in [3.63, 3.8) is 0 Å². The third-order valence-corrected chi connectivity index (χ3v) is 5.16. The summed E-state index contributed by atoms with van der Waals surface area (Å²) in [6, 6.07) is 9.88. The van der Waals surface area contributed by atoms with Gasteiger partial charge in [0.2, 0.25) is 11.8 Å². The molecule has 0 aliphatic carbocycles. The maximum Gasteiger partial charge on any atom is 0.243 e. The normalized spacial score (nSPS) is 27.0. The Morgan fingerprint density at radius 3 is 2.75 bits per heavy atom. The molecule has 0 bridgehead atoms. The zero-order chi connectivity index (χ0) is 16.9. The van der Waals surface area contributed by atoms with Crippen molar-refractivity contribution < 1.29 is 9.59 Å². The van der Waals surface area contributed by atoms with Crippen molar-refractivity contribution in [2.24, 2.45) is 0 Å². The molecule has 2 aliphatic heterocycles. The fourth-order valence-electron chi connectivity index (χ4n) is 3.73. The fourth-order valence-corrected chi connectivity index (χ4v) is 3.73. The van der Waals surface area contributed by atoms with Crippen LogP contribution in [0.25, 0.3) is 0 Å². The lowest BCUT2D eigenvalue weighted by molar-refractivity contribution is -0.138. The molecule has 2 heterocycles. The molecular formula is C19H27N3O2. The van der Waals surface area contributed by atoms with Crippen molar-refractivity contribution in [2.75, 3.05) is 13.1 Å². The summed E-state index contributed by atoms with van der Waals surface area (Å²) in [6.45, 7) is 3.80. The largest absolute Gasteiger partial charge is 0.350 e. The van der Waals surface area contributed by atoms with Gasteiger partial charge in [0.05, 0.1) is 6.42 Å². The molecule has 2 N–H and O–H groups in total. The minimum Gasteiger partial charge on any atom is -0.350 e. The van der Waals surface area contributed by atoms with E-state index in [9.17, 15) is 9.59 Å². The van der Waals surface area contributed by atoms with Crippen LogP contribution in [0.5, 0.6) is 0 Å². The zero-order valence-corrected chi connectivity index (χ0v) is 14.3. The molecule has 1 aromatic carbocycles. The summed E-state index contributed by atoms with van der Waals surface area (Å²) in [5.74, 6) is 0.0585. The third kappa shape index (κ3) is 3.96. The lowest BCUT2D eigenvalue weighted by Gasteiger charge is -2.33. The smallest absolute Gasteiger partial charge is 0.243 e. The third-order valence-electron chi connectivity index (χ3n) is 5.16. The van der Waals surface area contributed by atoms with E-state index in [1.165, 1.54) is 0 Å². The maximum absolute atomic E-state index is 12.7. The molecule has 3 unspecified atom stereocenters. The van der Waals surface area contributed by atoms with Crippen molar-refractivity contribution in [1.29, 1.82) is 0 Å². The fraction of sp³-hybridized carbons (Fsp3) is 0.579. The van der Waals surface area contributed by atoms with Crippen molar-refractivity contribution in [3.05, 3.63) is 35.9 Å². The average Bonchev–Trinajstić information content (AvgIpc) is 3.08. The Labute approximate surface area is 143 Å². The zero-order valence-electron chi connectivity index (χ0n) is 14.3. The van der Waals surface area contributed by atoms with Gasteiger partial charge < -0.3 is 15.5 Å². The molecule has 3 atom stereocenters. The number of carbonyl (C=O) groups is 2. The molecule has 2 fully saturated rings. The Morgan fingerprint density at radius 2 is 2.00 bits per heavy atom. The number of benzene rings is 1. The molecule has 5 heteroatoms. The second-order valence-corrected chi connectivity index (χ2v) is 6.91. The van der Waals surface area contributed by atoms with E-state index < -0.39 is 0 Å². The van der Waals surface area contributed by atoms with E-state index in [0.29, 0.717) is 13.0 Å². The van der Waals surface area contributed by atoms with Crippen LogP contribution in [0.4, 0.5) is 0 Å². The molecule has 0 saturated carbocycles. The van der Waals surface area contributed by atoms with Crippen molar-refractivity contribution in [1.82, 2.24) is 15.5 Å². The van der Waals surface area contributed by atoms with Crippen LogP contribution in [0.15, 0.2) is 30.3 Å². The number of nitrogens with zero attached hydrogens (tertiary/aromatic N) is 1. The SMILES string of the molecule is CC1NCCCC1NC(=O)C1CCCN1C(=O)Cc1ccccc1. The first-order valence-electron chi connectivity index (χ1n) is 9.02. The Kier molecular flexibility index (Phi) is 5.51. The van der Waals surface area contributed by atoms with Gasteiger partial charge in [0, 0.05) is 18.6 Å². The number of nitrogens with one attached hydrogen (secondary N) is 2. The van der Waals surface area contributed by atoms with Crippen LogP contribution in [0, 0.1) is 0 Å². The second-order valence-electron chi connectivity index (χ2n) is 6.91. The van der Waals surface area contributed by atoms with Gasteiger partial charge in [0.15, 0.2) is 0 Å². The number of piperidine rings is 1. The molecule has 2 saturated heterocycles. The summed E-state index contributed by atoms with van der Waals surface area (Å²) in [5.41, 5.74) is 0.999. The van der Waals surface area contributed by atoms with Gasteiger partial charge in [-0.1, -0.05) is 30.3 Å². The molecule has 0 aromatic heterocycles.